The van der Waals surface area contributed by atoms with Gasteiger partial charge in [0.15, 0.2) is 0 Å². The molecule has 4 N–H and O–H groups in total. The van der Waals surface area contributed by atoms with Crippen LogP contribution in [0.5, 0.6) is 0 Å². The Morgan fingerprint density at radius 2 is 1.12 bits per heavy atom. The average molecular weight is 457 g/mol. The van der Waals surface area contributed by atoms with Crippen LogP contribution in [0.1, 0.15) is 49.7 Å². The molecule has 2 heterocycles. The first-order valence-corrected chi connectivity index (χ1v) is 11.5. The van der Waals surface area contributed by atoms with Crippen LogP contribution in [0.2, 0.25) is 0 Å². The molecule has 34 heavy (non-hydrogen) atoms. The minimum Gasteiger partial charge on any atom is -0.361 e. The van der Waals surface area contributed by atoms with E-state index in [4.69, 9.17) is 0 Å². The van der Waals surface area contributed by atoms with Gasteiger partial charge in [0.25, 0.3) is 0 Å². The maximum absolute atomic E-state index is 12.0. The monoisotopic (exact) mass is 456 g/mol. The predicted octanol–water partition coefficient (Wildman–Crippen LogP) is 4.59. The molecule has 0 radical (unpaired) electrons. The smallest absolute Gasteiger partial charge is 0.240 e. The summed E-state index contributed by atoms with van der Waals surface area (Å²) in [6.07, 6.45) is 11.1. The number of hydrogen-bond acceptors (Lipinski definition) is 4. The van der Waals surface area contributed by atoms with Gasteiger partial charge in [0, 0.05) is 58.2 Å². The summed E-state index contributed by atoms with van der Waals surface area (Å²) in [5.74, 6) is -0.221. The molecule has 2 aromatic carbocycles. The summed E-state index contributed by atoms with van der Waals surface area (Å²) >= 11 is 0. The largest absolute Gasteiger partial charge is 0.361 e. The van der Waals surface area contributed by atoms with Crippen molar-refractivity contribution >= 4 is 46.0 Å². The predicted molar refractivity (Wildman–Crippen MR) is 136 cm³/mol. The molecule has 8 nitrogen and oxygen atoms in total. The van der Waals surface area contributed by atoms with Gasteiger partial charge in [-0.1, -0.05) is 49.2 Å². The Morgan fingerprint density at radius 1 is 0.676 bits per heavy atom. The third kappa shape index (κ3) is 6.19. The summed E-state index contributed by atoms with van der Waals surface area (Å²) in [5.41, 5.74) is 9.08. The first-order valence-electron chi connectivity index (χ1n) is 11.5. The van der Waals surface area contributed by atoms with E-state index in [1.54, 1.807) is 12.4 Å². The van der Waals surface area contributed by atoms with E-state index in [0.717, 1.165) is 58.6 Å². The summed E-state index contributed by atoms with van der Waals surface area (Å²) in [4.78, 5) is 30.3. The number of aromatic nitrogens is 2. The normalized spacial score (nSPS) is 11.6. The van der Waals surface area contributed by atoms with Crippen molar-refractivity contribution in [3.05, 3.63) is 72.1 Å². The number of nitrogens with one attached hydrogen (secondary N) is 4. The standard InChI is InChI=1S/C26H28N6O2/c33-25(31-29-17-19-15-27-23-11-7-5-9-21(19)23)13-3-1-2-4-14-26(34)32-30-18-20-16-28-24-12-8-6-10-22(20)24/h5-12,15-18,27-28H,1-4,13-14H2,(H,31,33)(H,32,34)/b29-17-,30-18-. The molecule has 0 bridgehead atoms. The molecule has 8 heteroatoms. The van der Waals surface area contributed by atoms with Crippen LogP contribution in [0, 0.1) is 0 Å². The van der Waals surface area contributed by atoms with E-state index in [2.05, 4.69) is 31.0 Å². The molecule has 4 aromatic rings. The average Bonchev–Trinajstić information content (AvgIpc) is 3.46. The van der Waals surface area contributed by atoms with Crippen LogP contribution in [0.25, 0.3) is 21.8 Å². The van der Waals surface area contributed by atoms with Crippen LogP contribution in [-0.4, -0.2) is 34.2 Å². The minimum atomic E-state index is -0.111. The van der Waals surface area contributed by atoms with E-state index >= 15 is 0 Å². The molecule has 0 atom stereocenters. The molecule has 4 rings (SSSR count). The maximum atomic E-state index is 12.0. The van der Waals surface area contributed by atoms with Crippen LogP contribution in [-0.2, 0) is 9.59 Å². The Balaban J connectivity index is 1.06. The highest BCUT2D eigenvalue weighted by Crippen LogP contribution is 2.16. The second-order valence-corrected chi connectivity index (χ2v) is 8.08. The Hall–Kier alpha value is -4.20. The van der Waals surface area contributed by atoms with E-state index in [1.807, 2.05) is 60.9 Å². The van der Waals surface area contributed by atoms with Crippen molar-refractivity contribution in [3.63, 3.8) is 0 Å². The maximum Gasteiger partial charge on any atom is 0.240 e. The van der Waals surface area contributed by atoms with Gasteiger partial charge in [-0.15, -0.1) is 0 Å². The van der Waals surface area contributed by atoms with Crippen LogP contribution in [0.3, 0.4) is 0 Å². The fourth-order valence-corrected chi connectivity index (χ4v) is 3.79. The number of hydrogen-bond donors (Lipinski definition) is 4. The highest BCUT2D eigenvalue weighted by molar-refractivity contribution is 6.00. The second kappa shape index (κ2) is 11.6. The van der Waals surface area contributed by atoms with Gasteiger partial charge in [0.1, 0.15) is 0 Å². The molecule has 0 spiro atoms. The lowest BCUT2D eigenvalue weighted by Gasteiger charge is -2.02. The van der Waals surface area contributed by atoms with Gasteiger partial charge in [-0.05, 0) is 25.0 Å². The number of carbonyl (C=O) groups is 2. The number of aromatic amines is 2. The summed E-state index contributed by atoms with van der Waals surface area (Å²) in [6, 6.07) is 15.9. The molecule has 0 aliphatic carbocycles. The summed E-state index contributed by atoms with van der Waals surface area (Å²) in [7, 11) is 0. The first-order chi connectivity index (χ1) is 16.7. The van der Waals surface area contributed by atoms with E-state index in [9.17, 15) is 9.59 Å². The van der Waals surface area contributed by atoms with Gasteiger partial charge in [-0.3, -0.25) is 9.59 Å². The van der Waals surface area contributed by atoms with E-state index in [1.165, 1.54) is 0 Å². The molecule has 0 aliphatic rings. The van der Waals surface area contributed by atoms with Crippen molar-refractivity contribution in [1.29, 1.82) is 0 Å². The molecule has 2 amide bonds. The topological polar surface area (TPSA) is 114 Å². The van der Waals surface area contributed by atoms with Crippen LogP contribution < -0.4 is 10.9 Å². The number of nitrogens with zero attached hydrogens (tertiary/aromatic N) is 2. The lowest BCUT2D eigenvalue weighted by atomic mass is 10.1. The summed E-state index contributed by atoms with van der Waals surface area (Å²) in [5, 5.41) is 10.2. The van der Waals surface area contributed by atoms with Gasteiger partial charge < -0.3 is 9.97 Å². The molecular weight excluding hydrogens is 428 g/mol. The Labute approximate surface area is 197 Å². The summed E-state index contributed by atoms with van der Waals surface area (Å²) in [6.45, 7) is 0. The fraction of sp³-hybridized carbons (Fsp3) is 0.231. The van der Waals surface area contributed by atoms with Crippen molar-refractivity contribution < 1.29 is 9.59 Å². The van der Waals surface area contributed by atoms with Crippen LogP contribution in [0.4, 0.5) is 0 Å². The quantitative estimate of drug-likeness (QED) is 0.150. The number of hydrazone groups is 2. The summed E-state index contributed by atoms with van der Waals surface area (Å²) < 4.78 is 0. The molecule has 174 valence electrons. The Bertz CT molecular complexity index is 1220. The lowest BCUT2D eigenvalue weighted by molar-refractivity contribution is -0.122. The van der Waals surface area contributed by atoms with Gasteiger partial charge in [0.05, 0.1) is 12.4 Å². The van der Waals surface area contributed by atoms with E-state index in [0.29, 0.717) is 12.8 Å². The zero-order valence-corrected chi connectivity index (χ0v) is 18.9. The van der Waals surface area contributed by atoms with Crippen LogP contribution in [0.15, 0.2) is 71.1 Å². The number of unbranched alkanes of at least 4 members (excludes halogenated alkanes) is 3. The molecule has 0 saturated carbocycles. The van der Waals surface area contributed by atoms with Gasteiger partial charge in [-0.25, -0.2) is 10.9 Å². The zero-order chi connectivity index (χ0) is 23.6. The number of fused-ring (bicyclic) bond motifs is 2. The number of benzene rings is 2. The SMILES string of the molecule is O=C(CCCCCCC(=O)N/N=C\c1c[nH]c2ccccc12)N/N=C\c1c[nH]c2ccccc12. The van der Waals surface area contributed by atoms with Gasteiger partial charge >= 0.3 is 0 Å². The molecule has 2 aromatic heterocycles. The fourth-order valence-electron chi connectivity index (χ4n) is 3.79. The van der Waals surface area contributed by atoms with E-state index < -0.39 is 0 Å². The number of H-pyrrole nitrogens is 2. The lowest BCUT2D eigenvalue weighted by Crippen LogP contribution is -2.17. The highest BCUT2D eigenvalue weighted by atomic mass is 16.2. The van der Waals surface area contributed by atoms with Crippen molar-refractivity contribution in [3.8, 4) is 0 Å². The number of para-hydroxylation sites is 2. The van der Waals surface area contributed by atoms with Gasteiger partial charge in [0.2, 0.25) is 11.8 Å². The molecule has 0 unspecified atom stereocenters. The Kier molecular flexibility index (Phi) is 7.84. The third-order valence-corrected chi connectivity index (χ3v) is 5.59. The van der Waals surface area contributed by atoms with Crippen molar-refractivity contribution in [2.75, 3.05) is 0 Å². The highest BCUT2D eigenvalue weighted by Gasteiger charge is 2.04. The van der Waals surface area contributed by atoms with Crippen molar-refractivity contribution in [2.24, 2.45) is 10.2 Å². The van der Waals surface area contributed by atoms with Crippen molar-refractivity contribution in [2.45, 2.75) is 38.5 Å². The second-order valence-electron chi connectivity index (χ2n) is 8.08. The molecule has 0 fully saturated rings. The molecular formula is C26H28N6O2. The number of amides is 2. The number of rotatable bonds is 11. The third-order valence-electron chi connectivity index (χ3n) is 5.59. The Morgan fingerprint density at radius 3 is 1.59 bits per heavy atom. The molecule has 0 saturated heterocycles. The minimum absolute atomic E-state index is 0.111. The van der Waals surface area contributed by atoms with Gasteiger partial charge in [-0.2, -0.15) is 10.2 Å². The first kappa shape index (κ1) is 23.0. The van der Waals surface area contributed by atoms with Crippen LogP contribution >= 0.6 is 0 Å². The number of carbonyl (C=O) groups excluding carboxylic acids is 2. The zero-order valence-electron chi connectivity index (χ0n) is 18.9. The molecule has 0 aliphatic heterocycles. The van der Waals surface area contributed by atoms with E-state index in [-0.39, 0.29) is 11.8 Å². The van der Waals surface area contributed by atoms with Crippen molar-refractivity contribution in [1.82, 2.24) is 20.8 Å².